The fourth-order valence-electron chi connectivity index (χ4n) is 5.60. The van der Waals surface area contributed by atoms with Gasteiger partial charge in [-0.2, -0.15) is 0 Å². The zero-order valence-corrected chi connectivity index (χ0v) is 21.8. The third-order valence-corrected chi connectivity index (χ3v) is 7.78. The largest absolute Gasteiger partial charge is 0.264 e. The standard InChI is InChI=1S/C35H26N4/c1-35(2)31-17-23(25-9-13-33(38-21-25)27-5-3-15-36-19-27)7-11-29(31)30-12-8-24(18-32(30)35)26-10-14-34(39-22-26)28-6-4-16-37-20-28/h3-22H,1-2H3. The SMILES string of the molecule is CC1(C)c2cc(-c3ccc(-c4cccnc4)nc3)ccc2-c2ccc(-c3ccc(-c4cccnc4)nc3)cc21. The summed E-state index contributed by atoms with van der Waals surface area (Å²) in [5, 5.41) is 0. The smallest absolute Gasteiger partial charge is 0.0717 e. The van der Waals surface area contributed by atoms with Crippen LogP contribution in [0.3, 0.4) is 0 Å². The molecule has 186 valence electrons. The van der Waals surface area contributed by atoms with Crippen molar-refractivity contribution in [3.8, 4) is 55.9 Å². The summed E-state index contributed by atoms with van der Waals surface area (Å²) in [6.07, 6.45) is 11.2. The molecule has 4 nitrogen and oxygen atoms in total. The molecule has 0 radical (unpaired) electrons. The highest BCUT2D eigenvalue weighted by Crippen LogP contribution is 2.50. The topological polar surface area (TPSA) is 51.6 Å². The van der Waals surface area contributed by atoms with E-state index in [1.54, 1.807) is 12.4 Å². The van der Waals surface area contributed by atoms with Crippen LogP contribution >= 0.6 is 0 Å². The van der Waals surface area contributed by atoms with Crippen LogP contribution in [0.5, 0.6) is 0 Å². The third kappa shape index (κ3) is 4.02. The molecule has 0 atom stereocenters. The van der Waals surface area contributed by atoms with Gasteiger partial charge in [-0.25, -0.2) is 0 Å². The first-order valence-electron chi connectivity index (χ1n) is 13.1. The average Bonchev–Trinajstić information content (AvgIpc) is 3.23. The van der Waals surface area contributed by atoms with Crippen molar-refractivity contribution in [1.82, 2.24) is 19.9 Å². The van der Waals surface area contributed by atoms with Gasteiger partial charge in [-0.1, -0.05) is 50.2 Å². The van der Waals surface area contributed by atoms with Crippen molar-refractivity contribution in [2.45, 2.75) is 19.3 Å². The first kappa shape index (κ1) is 23.2. The number of rotatable bonds is 4. The summed E-state index contributed by atoms with van der Waals surface area (Å²) in [6, 6.07) is 30.0. The molecule has 1 aliphatic rings. The van der Waals surface area contributed by atoms with Gasteiger partial charge >= 0.3 is 0 Å². The Hall–Kier alpha value is -4.96. The fraction of sp³-hybridized carbons (Fsp3) is 0.0857. The predicted octanol–water partition coefficient (Wildman–Crippen LogP) is 8.24. The molecule has 1 aliphatic carbocycles. The maximum atomic E-state index is 4.72. The minimum absolute atomic E-state index is 0.122. The van der Waals surface area contributed by atoms with Gasteiger partial charge in [-0.3, -0.25) is 19.9 Å². The molecule has 7 rings (SSSR count). The summed E-state index contributed by atoms with van der Waals surface area (Å²) < 4.78 is 0. The number of fused-ring (bicyclic) bond motifs is 3. The van der Waals surface area contributed by atoms with Gasteiger partial charge in [0.25, 0.3) is 0 Å². The molecule has 0 spiro atoms. The molecule has 0 aliphatic heterocycles. The molecule has 0 bridgehead atoms. The lowest BCUT2D eigenvalue weighted by Gasteiger charge is -2.22. The molecule has 4 heteroatoms. The summed E-state index contributed by atoms with van der Waals surface area (Å²) in [6.45, 7) is 4.64. The van der Waals surface area contributed by atoms with Crippen LogP contribution in [0.25, 0.3) is 55.9 Å². The summed E-state index contributed by atoms with van der Waals surface area (Å²) in [5.41, 5.74) is 13.6. The molecule has 0 saturated carbocycles. The number of hydrogen-bond acceptors (Lipinski definition) is 4. The van der Waals surface area contributed by atoms with Gasteiger partial charge in [0.1, 0.15) is 0 Å². The summed E-state index contributed by atoms with van der Waals surface area (Å²) in [4.78, 5) is 17.9. The van der Waals surface area contributed by atoms with Crippen LogP contribution in [0.1, 0.15) is 25.0 Å². The van der Waals surface area contributed by atoms with E-state index < -0.39 is 0 Å². The van der Waals surface area contributed by atoms with E-state index in [1.165, 1.54) is 33.4 Å². The Balaban J connectivity index is 1.20. The van der Waals surface area contributed by atoms with Crippen LogP contribution in [-0.2, 0) is 5.41 Å². The highest BCUT2D eigenvalue weighted by molar-refractivity contribution is 5.86. The molecule has 4 aromatic heterocycles. The van der Waals surface area contributed by atoms with Crippen molar-refractivity contribution in [3.63, 3.8) is 0 Å². The van der Waals surface area contributed by atoms with Crippen molar-refractivity contribution < 1.29 is 0 Å². The molecule has 0 amide bonds. The van der Waals surface area contributed by atoms with Gasteiger partial charge in [0, 0.05) is 64.8 Å². The third-order valence-electron chi connectivity index (χ3n) is 7.78. The van der Waals surface area contributed by atoms with Crippen molar-refractivity contribution in [2.24, 2.45) is 0 Å². The summed E-state index contributed by atoms with van der Waals surface area (Å²) in [5.74, 6) is 0. The van der Waals surface area contributed by atoms with Crippen LogP contribution in [-0.4, -0.2) is 19.9 Å². The van der Waals surface area contributed by atoms with E-state index in [4.69, 9.17) is 9.97 Å². The summed E-state index contributed by atoms with van der Waals surface area (Å²) >= 11 is 0. The monoisotopic (exact) mass is 502 g/mol. The fourth-order valence-corrected chi connectivity index (χ4v) is 5.60. The second kappa shape index (κ2) is 9.10. The normalized spacial score (nSPS) is 13.1. The van der Waals surface area contributed by atoms with Crippen LogP contribution in [0.15, 0.2) is 122 Å². The van der Waals surface area contributed by atoms with Crippen LogP contribution in [0.4, 0.5) is 0 Å². The number of hydrogen-bond donors (Lipinski definition) is 0. The van der Waals surface area contributed by atoms with Gasteiger partial charge in [0.2, 0.25) is 0 Å². The Morgan fingerprint density at radius 2 is 0.923 bits per heavy atom. The highest BCUT2D eigenvalue weighted by Gasteiger charge is 2.35. The molecule has 39 heavy (non-hydrogen) atoms. The van der Waals surface area contributed by atoms with Crippen molar-refractivity contribution >= 4 is 0 Å². The van der Waals surface area contributed by atoms with Crippen LogP contribution in [0.2, 0.25) is 0 Å². The Morgan fingerprint density at radius 3 is 1.31 bits per heavy atom. The maximum absolute atomic E-state index is 4.72. The number of aromatic nitrogens is 4. The minimum atomic E-state index is -0.122. The molecule has 0 fully saturated rings. The van der Waals surface area contributed by atoms with Crippen molar-refractivity contribution in [3.05, 3.63) is 133 Å². The van der Waals surface area contributed by atoms with E-state index >= 15 is 0 Å². The summed E-state index contributed by atoms with van der Waals surface area (Å²) in [7, 11) is 0. The average molecular weight is 503 g/mol. The Labute approximate surface area is 228 Å². The van der Waals surface area contributed by atoms with E-state index in [-0.39, 0.29) is 5.41 Å². The second-order valence-corrected chi connectivity index (χ2v) is 10.5. The van der Waals surface area contributed by atoms with Gasteiger partial charge < -0.3 is 0 Å². The maximum Gasteiger partial charge on any atom is 0.0717 e. The van der Waals surface area contributed by atoms with Crippen LogP contribution in [0, 0.1) is 0 Å². The Kier molecular flexibility index (Phi) is 5.41. The number of pyridine rings is 4. The van der Waals surface area contributed by atoms with E-state index in [0.717, 1.165) is 33.6 Å². The first-order valence-corrected chi connectivity index (χ1v) is 13.1. The number of benzene rings is 2. The first-order chi connectivity index (χ1) is 19.1. The minimum Gasteiger partial charge on any atom is -0.264 e. The predicted molar refractivity (Wildman–Crippen MR) is 157 cm³/mol. The lowest BCUT2D eigenvalue weighted by molar-refractivity contribution is 0.661. The molecule has 0 unspecified atom stereocenters. The lowest BCUT2D eigenvalue weighted by Crippen LogP contribution is -2.15. The quantitative estimate of drug-likeness (QED) is 0.244. The van der Waals surface area contributed by atoms with Crippen molar-refractivity contribution in [2.75, 3.05) is 0 Å². The van der Waals surface area contributed by atoms with Crippen molar-refractivity contribution in [1.29, 1.82) is 0 Å². The molecule has 2 aromatic carbocycles. The molecule has 6 aromatic rings. The molecular formula is C35H26N4. The van der Waals surface area contributed by atoms with E-state index in [0.29, 0.717) is 0 Å². The molecule has 0 N–H and O–H groups in total. The van der Waals surface area contributed by atoms with E-state index in [9.17, 15) is 0 Å². The highest BCUT2D eigenvalue weighted by atomic mass is 14.7. The van der Waals surface area contributed by atoms with E-state index in [1.807, 2.05) is 49.1 Å². The van der Waals surface area contributed by atoms with Gasteiger partial charge in [-0.05, 0) is 81.9 Å². The van der Waals surface area contributed by atoms with Gasteiger partial charge in [-0.15, -0.1) is 0 Å². The number of nitrogens with zero attached hydrogens (tertiary/aromatic N) is 4. The lowest BCUT2D eigenvalue weighted by atomic mass is 9.81. The molecule has 4 heterocycles. The Bertz CT molecular complexity index is 1660. The molecule has 0 saturated heterocycles. The zero-order chi connectivity index (χ0) is 26.4. The van der Waals surface area contributed by atoms with Crippen LogP contribution < -0.4 is 0 Å². The second-order valence-electron chi connectivity index (χ2n) is 10.5. The van der Waals surface area contributed by atoms with Gasteiger partial charge in [0.15, 0.2) is 0 Å². The van der Waals surface area contributed by atoms with E-state index in [2.05, 4.69) is 84.5 Å². The Morgan fingerprint density at radius 1 is 0.462 bits per heavy atom. The molecular weight excluding hydrogens is 476 g/mol. The van der Waals surface area contributed by atoms with Gasteiger partial charge in [0.05, 0.1) is 11.4 Å². The zero-order valence-electron chi connectivity index (χ0n) is 21.8.